The topological polar surface area (TPSA) is 54.4 Å². The molecular formula is C12HI25O3S. The van der Waals surface area contributed by atoms with E-state index in [1.54, 1.807) is 0 Å². The summed E-state index contributed by atoms with van der Waals surface area (Å²) in [6, 6.07) is 0. The highest BCUT2D eigenvalue weighted by molar-refractivity contribution is 14.3. The van der Waals surface area contributed by atoms with Gasteiger partial charge in [-0.3, -0.25) is 4.55 Å². The number of hydrogen-bond acceptors (Lipinski definition) is 2. The molecule has 0 spiro atoms. The van der Waals surface area contributed by atoms with Gasteiger partial charge in [-0.1, -0.05) is 520 Å². The number of alkyl halides is 25. The zero-order valence-electron chi connectivity index (χ0n) is 17.1. The molecular weight excluding hydrogens is 3400 g/mol. The van der Waals surface area contributed by atoms with Crippen LogP contribution >= 0.6 is 565 Å². The van der Waals surface area contributed by atoms with Crippen LogP contribution in [-0.2, 0) is 10.1 Å². The van der Waals surface area contributed by atoms with Gasteiger partial charge in [0.05, 0.1) is 0 Å². The second kappa shape index (κ2) is 20.6. The summed E-state index contributed by atoms with van der Waals surface area (Å²) >= 11 is 63.3. The minimum atomic E-state index is -4.38. The standard InChI is InChI=1S/C12HI25O3S/c13-1(14,3(17,18)5(21,22)7(25,26)9(29,30)11(33,34)35)2(15,16)4(19,20)6(23,24)8(27,28)10(31,32)12(36,37)41(38,39)40/h(H,38,39,40). The van der Waals surface area contributed by atoms with E-state index in [1.165, 1.54) is 0 Å². The first-order valence-electron chi connectivity index (χ1n) is 8.19. The molecule has 29 heteroatoms. The largest absolute Gasteiger partial charge is 0.291 e. The van der Waals surface area contributed by atoms with Gasteiger partial charge in [0.2, 0.25) is 0.760 Å². The third-order valence-electron chi connectivity index (χ3n) is 4.59. The predicted octanol–water partition coefficient (Wildman–Crippen LogP) is 19.0. The van der Waals surface area contributed by atoms with E-state index in [0.717, 1.165) is 0 Å². The fourth-order valence-electron chi connectivity index (χ4n) is 2.10. The fraction of sp³-hybridized carbons (Fsp3) is 1.00. The fourth-order valence-corrected chi connectivity index (χ4v) is 42.9. The van der Waals surface area contributed by atoms with Gasteiger partial charge in [-0.15, -0.1) is 0 Å². The zero-order valence-corrected chi connectivity index (χ0v) is 71.9. The van der Waals surface area contributed by atoms with Crippen molar-refractivity contribution >= 4 is 575 Å². The van der Waals surface area contributed by atoms with E-state index < -0.39 is 16.6 Å². The minimum absolute atomic E-state index is 0.0418. The molecule has 248 valence electrons. The monoisotopic (exact) mass is 3400 g/mol. The lowest BCUT2D eigenvalue weighted by Crippen LogP contribution is -2.71. The lowest BCUT2D eigenvalue weighted by Gasteiger charge is -2.61. The van der Waals surface area contributed by atoms with E-state index in [1.807, 2.05) is 45.2 Å². The summed E-state index contributed by atoms with van der Waals surface area (Å²) in [6.45, 7) is 0. The van der Waals surface area contributed by atoms with Gasteiger partial charge in [-0.05, 0) is 45.2 Å². The Balaban J connectivity index is 7.45. The molecule has 41 heavy (non-hydrogen) atoms. The second-order valence-corrected chi connectivity index (χ2v) is 79.6. The Bertz CT molecular complexity index is 1100. The number of rotatable bonds is 12. The molecule has 1 N–H and O–H groups in total. The van der Waals surface area contributed by atoms with Crippen LogP contribution in [0.25, 0.3) is 0 Å². The van der Waals surface area contributed by atoms with Crippen molar-refractivity contribution in [3.63, 3.8) is 0 Å². The van der Waals surface area contributed by atoms with Crippen molar-refractivity contribution in [3.05, 3.63) is 0 Å². The van der Waals surface area contributed by atoms with Crippen LogP contribution in [0, 0.1) is 0 Å². The summed E-state index contributed by atoms with van der Waals surface area (Å²) in [6.07, 6.45) is 0. The van der Waals surface area contributed by atoms with Crippen LogP contribution in [0.4, 0.5) is 0 Å². The van der Waals surface area contributed by atoms with E-state index in [0.29, 0.717) is 0 Å². The molecule has 0 aromatic heterocycles. The molecule has 0 unspecified atom stereocenters. The Morgan fingerprint density at radius 2 is 0.439 bits per heavy atom. The molecule has 0 fully saturated rings. The van der Waals surface area contributed by atoms with E-state index in [4.69, 9.17) is 0 Å². The average Bonchev–Trinajstić information content (AvgIpc) is 2.70. The molecule has 0 atom stereocenters. The third kappa shape index (κ3) is 11.5. The summed E-state index contributed by atoms with van der Waals surface area (Å²) in [5, 5.41) is 0. The van der Waals surface area contributed by atoms with Crippen molar-refractivity contribution in [2.45, 2.75) is 14.5 Å². The molecule has 0 amide bonds. The summed E-state index contributed by atoms with van der Waals surface area (Å²) in [5.74, 6) is 0. The van der Waals surface area contributed by atoms with Gasteiger partial charge >= 0.3 is 0 Å². The summed E-state index contributed by atoms with van der Waals surface area (Å²) in [5.41, 5.74) is 0. The maximum atomic E-state index is 12.7. The van der Waals surface area contributed by atoms with Gasteiger partial charge < -0.3 is 0 Å². The van der Waals surface area contributed by atoms with Gasteiger partial charge in [0, 0.05) is 0 Å². The number of halogens is 25. The SMILES string of the molecule is O=S(=O)(O)C(I)(I)C(I)(I)C(I)(I)C(I)(I)C(I)(I)C(I)(I)C(I)(I)C(I)(I)C(I)(I)C(I)(I)C(I)(I)C(I)(I)I. The lowest BCUT2D eigenvalue weighted by atomic mass is 10.1. The minimum Gasteiger partial charge on any atom is -0.284 e. The third-order valence-corrected chi connectivity index (χ3v) is 93.5. The molecule has 0 aromatic rings. The first-order valence-corrected chi connectivity index (χ1v) is 36.6. The van der Waals surface area contributed by atoms with Crippen LogP contribution in [0.2, 0.25) is 0 Å². The van der Waals surface area contributed by atoms with Crippen LogP contribution in [0.15, 0.2) is 0 Å². The highest BCUT2D eigenvalue weighted by atomic mass is 127. The Morgan fingerprint density at radius 3 is 0.585 bits per heavy atom. The molecule has 0 saturated heterocycles. The average molecular weight is 3400 g/mol. The summed E-state index contributed by atoms with van der Waals surface area (Å²) in [4.78, 5) is 0. The van der Waals surface area contributed by atoms with Gasteiger partial charge in [0.1, 0.15) is 13.7 Å². The second-order valence-electron chi connectivity index (χ2n) is 7.23. The molecule has 0 bridgehead atoms. The highest BCUT2D eigenvalue weighted by Gasteiger charge is 2.81. The Morgan fingerprint density at radius 1 is 0.293 bits per heavy atom. The molecule has 0 radical (unpaired) electrons. The molecule has 0 rings (SSSR count). The van der Waals surface area contributed by atoms with E-state index in [9.17, 15) is 13.0 Å². The van der Waals surface area contributed by atoms with Crippen molar-refractivity contribution in [1.29, 1.82) is 0 Å². The van der Waals surface area contributed by atoms with Crippen molar-refractivity contribution in [2.24, 2.45) is 0 Å². The van der Waals surface area contributed by atoms with Crippen molar-refractivity contribution in [2.75, 3.05) is 0 Å². The Hall–Kier alpha value is 18.2. The summed E-state index contributed by atoms with van der Waals surface area (Å²) < 4.78 is 30.0. The molecule has 0 aliphatic heterocycles. The van der Waals surface area contributed by atoms with E-state index in [2.05, 4.69) is 520 Å². The highest BCUT2D eigenvalue weighted by Crippen LogP contribution is 2.83. The maximum Gasteiger partial charge on any atom is 0.291 e. The molecule has 0 heterocycles. The van der Waals surface area contributed by atoms with Crippen molar-refractivity contribution in [3.8, 4) is 0 Å². The quantitative estimate of drug-likeness (QED) is 0.120. The number of hydrogen-bond donors (Lipinski definition) is 1. The van der Waals surface area contributed by atoms with Crippen LogP contribution in [0.3, 0.4) is 0 Å². The first kappa shape index (κ1) is 59.2. The van der Waals surface area contributed by atoms with Crippen LogP contribution < -0.4 is 0 Å². The molecule has 0 aromatic carbocycles. The van der Waals surface area contributed by atoms with Gasteiger partial charge in [-0.25, -0.2) is 0 Å². The smallest absolute Gasteiger partial charge is 0.284 e. The molecule has 0 saturated carbocycles. The Labute approximate surface area is 582 Å². The van der Waals surface area contributed by atoms with Crippen LogP contribution in [0.5, 0.6) is 0 Å². The van der Waals surface area contributed by atoms with Gasteiger partial charge in [0.15, 0.2) is 0 Å². The van der Waals surface area contributed by atoms with Crippen molar-refractivity contribution in [1.82, 2.24) is 0 Å². The van der Waals surface area contributed by atoms with Crippen LogP contribution in [0.1, 0.15) is 0 Å². The van der Waals surface area contributed by atoms with Gasteiger partial charge in [-0.2, -0.15) is 8.42 Å². The normalized spacial score (nSPS) is 17.2. The molecule has 0 aliphatic rings. The first-order chi connectivity index (χ1) is 17.0. The predicted molar refractivity (Wildman–Crippen MR) is 395 cm³/mol. The maximum absolute atomic E-state index is 12.7. The van der Waals surface area contributed by atoms with Gasteiger partial charge in [0.25, 0.3) is 10.1 Å². The van der Waals surface area contributed by atoms with E-state index >= 15 is 0 Å². The zero-order chi connectivity index (χ0) is 34.5. The van der Waals surface area contributed by atoms with E-state index in [-0.39, 0.29) is 8.01 Å². The summed E-state index contributed by atoms with van der Waals surface area (Å²) in [7, 11) is -4.38. The lowest BCUT2D eigenvalue weighted by molar-refractivity contribution is 0.477. The molecule has 0 aliphatic carbocycles. The molecule has 3 nitrogen and oxygen atoms in total. The van der Waals surface area contributed by atoms with Crippen molar-refractivity contribution < 1.29 is 13.0 Å². The van der Waals surface area contributed by atoms with Crippen LogP contribution in [-0.4, -0.2) is 27.5 Å². The Kier molecular flexibility index (Phi) is 29.7.